The molecular formula is C12H14BrFN4S. The molecule has 0 aliphatic rings. The normalized spacial score (nSPS) is 11.2. The van der Waals surface area contributed by atoms with E-state index < -0.39 is 0 Å². The van der Waals surface area contributed by atoms with Gasteiger partial charge >= 0.3 is 0 Å². The molecule has 2 aromatic rings. The monoisotopic (exact) mass is 344 g/mol. The Morgan fingerprint density at radius 2 is 2.16 bits per heavy atom. The van der Waals surface area contributed by atoms with E-state index in [2.05, 4.69) is 26.1 Å². The molecule has 0 amide bonds. The molecule has 4 nitrogen and oxygen atoms in total. The average Bonchev–Trinajstić information content (AvgIpc) is 2.72. The lowest BCUT2D eigenvalue weighted by Gasteiger charge is -2.11. The number of hydrogen-bond acceptors (Lipinski definition) is 4. The fourth-order valence-corrected chi connectivity index (χ4v) is 3.12. The van der Waals surface area contributed by atoms with Crippen molar-refractivity contribution in [3.63, 3.8) is 0 Å². The Bertz CT molecular complexity index is 585. The lowest BCUT2D eigenvalue weighted by atomic mass is 10.2. The zero-order valence-corrected chi connectivity index (χ0v) is 13.0. The highest BCUT2D eigenvalue weighted by atomic mass is 79.9. The summed E-state index contributed by atoms with van der Waals surface area (Å²) in [5.41, 5.74) is 6.38. The maximum Gasteiger partial charge on any atom is 0.222 e. The molecule has 0 aliphatic carbocycles. The van der Waals surface area contributed by atoms with E-state index >= 15 is 0 Å². The van der Waals surface area contributed by atoms with Gasteiger partial charge in [-0.3, -0.25) is 4.57 Å². The predicted octanol–water partition coefficient (Wildman–Crippen LogP) is 3.64. The van der Waals surface area contributed by atoms with Crippen LogP contribution in [0, 0.1) is 5.82 Å². The quantitative estimate of drug-likeness (QED) is 0.860. The summed E-state index contributed by atoms with van der Waals surface area (Å²) in [6.45, 7) is 4.01. The van der Waals surface area contributed by atoms with Crippen molar-refractivity contribution >= 4 is 33.6 Å². The molecule has 1 heterocycles. The van der Waals surface area contributed by atoms with Crippen LogP contribution in [0.15, 0.2) is 27.8 Å². The summed E-state index contributed by atoms with van der Waals surface area (Å²) in [6, 6.07) is 5.06. The van der Waals surface area contributed by atoms with E-state index in [1.807, 2.05) is 18.4 Å². The van der Waals surface area contributed by atoms with Crippen molar-refractivity contribution in [1.29, 1.82) is 0 Å². The summed E-state index contributed by atoms with van der Waals surface area (Å²) in [4.78, 5) is 0. The number of halogens is 2. The number of hydrogen-bond donors (Lipinski definition) is 1. The smallest absolute Gasteiger partial charge is 0.222 e. The standard InChI is InChI=1S/C12H14BrFN4S/c1-7(2)18-11(15)16-17-12(18)19-6-8-5-9(13)3-4-10(8)14/h3-5,7H,6H2,1-2H3,(H2,15,16). The van der Waals surface area contributed by atoms with Gasteiger partial charge in [-0.1, -0.05) is 27.7 Å². The zero-order chi connectivity index (χ0) is 14.0. The van der Waals surface area contributed by atoms with Crippen LogP contribution in [0.25, 0.3) is 0 Å². The molecule has 0 bridgehead atoms. The van der Waals surface area contributed by atoms with Crippen LogP contribution in [0.3, 0.4) is 0 Å². The lowest BCUT2D eigenvalue weighted by molar-refractivity contribution is 0.557. The summed E-state index contributed by atoms with van der Waals surface area (Å²) in [6.07, 6.45) is 0. The van der Waals surface area contributed by atoms with Crippen LogP contribution in [0.4, 0.5) is 10.3 Å². The van der Waals surface area contributed by atoms with Gasteiger partial charge < -0.3 is 5.73 Å². The summed E-state index contributed by atoms with van der Waals surface area (Å²) >= 11 is 4.76. The van der Waals surface area contributed by atoms with Gasteiger partial charge in [-0.2, -0.15) is 0 Å². The molecule has 0 atom stereocenters. The van der Waals surface area contributed by atoms with Crippen molar-refractivity contribution in [2.24, 2.45) is 0 Å². The molecule has 102 valence electrons. The molecule has 0 aliphatic heterocycles. The number of nitrogen functional groups attached to an aromatic ring is 1. The average molecular weight is 345 g/mol. The maximum absolute atomic E-state index is 13.6. The topological polar surface area (TPSA) is 56.7 Å². The van der Waals surface area contributed by atoms with Crippen molar-refractivity contribution in [3.05, 3.63) is 34.1 Å². The van der Waals surface area contributed by atoms with Crippen molar-refractivity contribution in [2.75, 3.05) is 5.73 Å². The fourth-order valence-electron chi connectivity index (χ4n) is 1.67. The van der Waals surface area contributed by atoms with E-state index in [-0.39, 0.29) is 11.9 Å². The zero-order valence-electron chi connectivity index (χ0n) is 10.6. The van der Waals surface area contributed by atoms with E-state index in [0.29, 0.717) is 22.4 Å². The number of anilines is 1. The third kappa shape index (κ3) is 3.27. The number of aromatic nitrogens is 3. The number of thioether (sulfide) groups is 1. The van der Waals surface area contributed by atoms with Crippen LogP contribution >= 0.6 is 27.7 Å². The SMILES string of the molecule is CC(C)n1c(N)nnc1SCc1cc(Br)ccc1F. The van der Waals surface area contributed by atoms with Crippen LogP contribution in [-0.2, 0) is 5.75 Å². The Morgan fingerprint density at radius 1 is 1.42 bits per heavy atom. The molecular weight excluding hydrogens is 331 g/mol. The van der Waals surface area contributed by atoms with E-state index in [9.17, 15) is 4.39 Å². The minimum absolute atomic E-state index is 0.171. The molecule has 0 radical (unpaired) electrons. The van der Waals surface area contributed by atoms with Gasteiger partial charge in [0, 0.05) is 16.3 Å². The Balaban J connectivity index is 2.17. The van der Waals surface area contributed by atoms with Gasteiger partial charge in [0.15, 0.2) is 5.16 Å². The van der Waals surface area contributed by atoms with Gasteiger partial charge in [-0.25, -0.2) is 4.39 Å². The van der Waals surface area contributed by atoms with Crippen molar-refractivity contribution in [1.82, 2.24) is 14.8 Å². The molecule has 0 fully saturated rings. The van der Waals surface area contributed by atoms with Crippen LogP contribution < -0.4 is 5.73 Å². The molecule has 7 heteroatoms. The molecule has 2 N–H and O–H groups in total. The first-order valence-electron chi connectivity index (χ1n) is 5.76. The highest BCUT2D eigenvalue weighted by Crippen LogP contribution is 2.27. The second-order valence-electron chi connectivity index (χ2n) is 4.33. The van der Waals surface area contributed by atoms with Crippen molar-refractivity contribution in [3.8, 4) is 0 Å². The summed E-state index contributed by atoms with van der Waals surface area (Å²) in [7, 11) is 0. The maximum atomic E-state index is 13.6. The molecule has 0 saturated heterocycles. The van der Waals surface area contributed by atoms with Gasteiger partial charge in [-0.15, -0.1) is 10.2 Å². The van der Waals surface area contributed by atoms with Gasteiger partial charge in [0.25, 0.3) is 0 Å². The Morgan fingerprint density at radius 3 is 2.84 bits per heavy atom. The van der Waals surface area contributed by atoms with Crippen LogP contribution in [0.5, 0.6) is 0 Å². The third-order valence-electron chi connectivity index (χ3n) is 2.57. The molecule has 1 aromatic carbocycles. The second-order valence-corrected chi connectivity index (χ2v) is 6.19. The van der Waals surface area contributed by atoms with E-state index in [4.69, 9.17) is 5.73 Å². The second kappa shape index (κ2) is 5.92. The number of rotatable bonds is 4. The van der Waals surface area contributed by atoms with E-state index in [0.717, 1.165) is 4.47 Å². The molecule has 0 unspecified atom stereocenters. The van der Waals surface area contributed by atoms with E-state index in [1.54, 1.807) is 12.1 Å². The van der Waals surface area contributed by atoms with Crippen molar-refractivity contribution < 1.29 is 4.39 Å². The first-order valence-corrected chi connectivity index (χ1v) is 7.54. The number of nitrogens with zero attached hydrogens (tertiary/aromatic N) is 3. The summed E-state index contributed by atoms with van der Waals surface area (Å²) in [5, 5.41) is 8.58. The molecule has 2 rings (SSSR count). The van der Waals surface area contributed by atoms with Crippen LogP contribution in [0.2, 0.25) is 0 Å². The fraction of sp³-hybridized carbons (Fsp3) is 0.333. The van der Waals surface area contributed by atoms with Crippen LogP contribution in [0.1, 0.15) is 25.5 Å². The van der Waals surface area contributed by atoms with Crippen LogP contribution in [-0.4, -0.2) is 14.8 Å². The lowest BCUT2D eigenvalue weighted by Crippen LogP contribution is -2.07. The highest BCUT2D eigenvalue weighted by molar-refractivity contribution is 9.10. The number of benzene rings is 1. The van der Waals surface area contributed by atoms with Crippen molar-refractivity contribution in [2.45, 2.75) is 30.8 Å². The summed E-state index contributed by atoms with van der Waals surface area (Å²) < 4.78 is 16.3. The summed E-state index contributed by atoms with van der Waals surface area (Å²) in [5.74, 6) is 0.641. The molecule has 19 heavy (non-hydrogen) atoms. The Labute approximate surface area is 123 Å². The van der Waals surface area contributed by atoms with Gasteiger partial charge in [0.1, 0.15) is 5.82 Å². The van der Waals surface area contributed by atoms with E-state index in [1.165, 1.54) is 17.8 Å². The molecule has 1 aromatic heterocycles. The number of nitrogens with two attached hydrogens (primary N) is 1. The first-order chi connectivity index (χ1) is 8.99. The Kier molecular flexibility index (Phi) is 4.46. The minimum atomic E-state index is -0.223. The first kappa shape index (κ1) is 14.3. The minimum Gasteiger partial charge on any atom is -0.368 e. The van der Waals surface area contributed by atoms with Gasteiger partial charge in [0.05, 0.1) is 0 Å². The Hall–Kier alpha value is -1.08. The van der Waals surface area contributed by atoms with Gasteiger partial charge in [-0.05, 0) is 37.6 Å². The largest absolute Gasteiger partial charge is 0.368 e. The predicted molar refractivity (Wildman–Crippen MR) is 78.5 cm³/mol. The highest BCUT2D eigenvalue weighted by Gasteiger charge is 2.13. The van der Waals surface area contributed by atoms with Gasteiger partial charge in [0.2, 0.25) is 5.95 Å². The molecule has 0 spiro atoms. The molecule has 0 saturated carbocycles. The third-order valence-corrected chi connectivity index (χ3v) is 4.06.